The first kappa shape index (κ1) is 16.3. The molecule has 2 aromatic rings. The largest absolute Gasteiger partial charge is 0.341 e. The second kappa shape index (κ2) is 5.98. The van der Waals surface area contributed by atoms with Gasteiger partial charge in [-0.2, -0.15) is 0 Å². The lowest BCUT2D eigenvalue weighted by molar-refractivity contribution is 0.0991. The third kappa shape index (κ3) is 2.95. The van der Waals surface area contributed by atoms with E-state index in [1.54, 1.807) is 6.92 Å². The fourth-order valence-electron chi connectivity index (χ4n) is 3.04. The Morgan fingerprint density at radius 2 is 1.81 bits per heavy atom. The quantitative estimate of drug-likeness (QED) is 0.559. The van der Waals surface area contributed by atoms with Crippen LogP contribution in [-0.2, 0) is 0 Å². The Morgan fingerprint density at radius 3 is 2.29 bits per heavy atom. The lowest BCUT2D eigenvalue weighted by atomic mass is 10.1. The maximum Gasteiger partial charge on any atom is 0.182 e. The summed E-state index contributed by atoms with van der Waals surface area (Å²) in [6.07, 6.45) is 0. The van der Waals surface area contributed by atoms with Gasteiger partial charge < -0.3 is 4.57 Å². The first-order chi connectivity index (χ1) is 9.73. The first-order valence-corrected chi connectivity index (χ1v) is 8.43. The number of hydrogen-bond acceptors (Lipinski definition) is 2. The van der Waals surface area contributed by atoms with Gasteiger partial charge in [0.2, 0.25) is 0 Å². The number of alkyl halides is 1. The molecule has 0 spiro atoms. The van der Waals surface area contributed by atoms with Gasteiger partial charge in [-0.25, -0.2) is 0 Å². The second-order valence-electron chi connectivity index (χ2n) is 5.68. The van der Waals surface area contributed by atoms with E-state index in [1.807, 2.05) is 31.3 Å². The fourth-order valence-corrected chi connectivity index (χ4v) is 4.17. The molecule has 2 heterocycles. The van der Waals surface area contributed by atoms with E-state index in [4.69, 9.17) is 11.6 Å². The molecule has 0 aliphatic carbocycles. The fraction of sp³-hybridized carbons (Fsp3) is 0.471. The van der Waals surface area contributed by atoms with Crippen LogP contribution in [0.3, 0.4) is 0 Å². The summed E-state index contributed by atoms with van der Waals surface area (Å²) in [5.41, 5.74) is 4.17. The van der Waals surface area contributed by atoms with Crippen molar-refractivity contribution >= 4 is 28.7 Å². The summed E-state index contributed by atoms with van der Waals surface area (Å²) in [5.74, 6) is 0.00133. The van der Waals surface area contributed by atoms with E-state index >= 15 is 0 Å². The lowest BCUT2D eigenvalue weighted by Crippen LogP contribution is -2.14. The minimum atomic E-state index is -0.487. The first-order valence-electron chi connectivity index (χ1n) is 7.17. The summed E-state index contributed by atoms with van der Waals surface area (Å²) in [4.78, 5) is 14.9. The lowest BCUT2D eigenvalue weighted by Gasteiger charge is -2.19. The van der Waals surface area contributed by atoms with Crippen molar-refractivity contribution in [3.63, 3.8) is 0 Å². The molecule has 0 aromatic carbocycles. The topological polar surface area (TPSA) is 22.0 Å². The smallest absolute Gasteiger partial charge is 0.182 e. The Bertz CT molecular complexity index is 681. The number of Topliss-reactive ketones (excluding diaryl/α,β-unsaturated/α-hetero) is 1. The Balaban J connectivity index is 2.50. The number of ketones is 1. The van der Waals surface area contributed by atoms with E-state index < -0.39 is 5.38 Å². The molecule has 0 fully saturated rings. The molecule has 2 aromatic heterocycles. The molecule has 0 saturated heterocycles. The Labute approximate surface area is 135 Å². The molecule has 0 N–H and O–H groups in total. The van der Waals surface area contributed by atoms with Gasteiger partial charge in [0.05, 0.1) is 11.4 Å². The zero-order chi connectivity index (χ0) is 15.9. The van der Waals surface area contributed by atoms with E-state index in [2.05, 4.69) is 31.4 Å². The Morgan fingerprint density at radius 1 is 1.19 bits per heavy atom. The van der Waals surface area contributed by atoms with Crippen molar-refractivity contribution in [2.45, 2.75) is 53.0 Å². The third-order valence-electron chi connectivity index (χ3n) is 4.03. The van der Waals surface area contributed by atoms with Crippen LogP contribution >= 0.6 is 22.9 Å². The number of thiophene rings is 1. The van der Waals surface area contributed by atoms with Crippen molar-refractivity contribution in [2.75, 3.05) is 0 Å². The molecule has 0 aliphatic rings. The number of hydrogen-bond donors (Lipinski definition) is 0. The number of nitrogens with zero attached hydrogens (tertiary/aromatic N) is 1. The maximum absolute atomic E-state index is 12.2. The van der Waals surface area contributed by atoms with Crippen LogP contribution in [0, 0.1) is 27.7 Å². The Hall–Kier alpha value is -1.06. The number of carbonyl (C=O) groups excluding carboxylic acids is 1. The average Bonchev–Trinajstić information content (AvgIpc) is 2.87. The summed E-state index contributed by atoms with van der Waals surface area (Å²) in [6, 6.07) is 4.43. The molecule has 2 rings (SSSR count). The molecular formula is C17H22ClNOS. The predicted molar refractivity (Wildman–Crippen MR) is 91.2 cm³/mol. The van der Waals surface area contributed by atoms with Crippen LogP contribution in [-0.4, -0.2) is 15.7 Å². The van der Waals surface area contributed by atoms with Crippen LogP contribution < -0.4 is 0 Å². The van der Waals surface area contributed by atoms with Crippen LogP contribution in [0.2, 0.25) is 0 Å². The van der Waals surface area contributed by atoms with E-state index in [0.717, 1.165) is 17.0 Å². The molecule has 2 unspecified atom stereocenters. The van der Waals surface area contributed by atoms with Crippen LogP contribution in [0.25, 0.3) is 0 Å². The van der Waals surface area contributed by atoms with Gasteiger partial charge in [-0.3, -0.25) is 4.79 Å². The van der Waals surface area contributed by atoms with E-state index in [0.29, 0.717) is 0 Å². The molecule has 0 saturated carbocycles. The zero-order valence-corrected chi connectivity index (χ0v) is 15.0. The van der Waals surface area contributed by atoms with Crippen LogP contribution in [0.15, 0.2) is 12.1 Å². The minimum absolute atomic E-state index is 0.00133. The van der Waals surface area contributed by atoms with Gasteiger partial charge in [0, 0.05) is 26.7 Å². The number of aromatic nitrogens is 1. The third-order valence-corrected chi connectivity index (χ3v) is 5.21. The second-order valence-corrected chi connectivity index (χ2v) is 7.79. The van der Waals surface area contributed by atoms with Crippen molar-refractivity contribution in [3.8, 4) is 0 Å². The van der Waals surface area contributed by atoms with Gasteiger partial charge in [0.15, 0.2) is 5.78 Å². The monoisotopic (exact) mass is 323 g/mol. The average molecular weight is 324 g/mol. The number of rotatable bonds is 4. The normalized spacial score (nSPS) is 14.2. The van der Waals surface area contributed by atoms with Crippen LogP contribution in [0.4, 0.5) is 0 Å². The van der Waals surface area contributed by atoms with Crippen molar-refractivity contribution in [2.24, 2.45) is 0 Å². The minimum Gasteiger partial charge on any atom is -0.341 e. The van der Waals surface area contributed by atoms with Crippen molar-refractivity contribution in [1.29, 1.82) is 0 Å². The molecule has 4 heteroatoms. The van der Waals surface area contributed by atoms with Crippen molar-refractivity contribution in [1.82, 2.24) is 4.57 Å². The highest BCUT2D eigenvalue weighted by Crippen LogP contribution is 2.32. The standard InChI is InChI=1S/C17H22ClNOS/c1-9-7-16(17(20)11(3)18)13(5)19(9)12(4)15-8-10(2)21-14(15)6/h7-8,11-12H,1-6H3. The predicted octanol–water partition coefficient (Wildman–Crippen LogP) is 5.20. The summed E-state index contributed by atoms with van der Waals surface area (Å²) in [5, 5.41) is -0.487. The number of halogens is 1. The van der Waals surface area contributed by atoms with Gasteiger partial charge in [-0.1, -0.05) is 0 Å². The SMILES string of the molecule is Cc1cc(C(C)n2c(C)cc(C(=O)C(C)Cl)c2C)c(C)s1. The molecule has 2 atom stereocenters. The highest BCUT2D eigenvalue weighted by Gasteiger charge is 2.23. The molecule has 0 aliphatic heterocycles. The number of carbonyl (C=O) groups is 1. The summed E-state index contributed by atoms with van der Waals surface area (Å²) in [6.45, 7) is 12.3. The summed E-state index contributed by atoms with van der Waals surface area (Å²) >= 11 is 7.78. The summed E-state index contributed by atoms with van der Waals surface area (Å²) in [7, 11) is 0. The van der Waals surface area contributed by atoms with Crippen LogP contribution in [0.1, 0.15) is 57.0 Å². The maximum atomic E-state index is 12.2. The summed E-state index contributed by atoms with van der Waals surface area (Å²) < 4.78 is 2.24. The number of aryl methyl sites for hydroxylation is 3. The van der Waals surface area contributed by atoms with E-state index in [1.165, 1.54) is 15.3 Å². The van der Waals surface area contributed by atoms with Gasteiger partial charge in [0.1, 0.15) is 0 Å². The molecule has 0 amide bonds. The van der Waals surface area contributed by atoms with Gasteiger partial charge >= 0.3 is 0 Å². The molecule has 2 nitrogen and oxygen atoms in total. The van der Waals surface area contributed by atoms with Gasteiger partial charge in [0.25, 0.3) is 0 Å². The van der Waals surface area contributed by atoms with Gasteiger partial charge in [-0.05, 0) is 59.2 Å². The zero-order valence-electron chi connectivity index (χ0n) is 13.5. The van der Waals surface area contributed by atoms with Crippen molar-refractivity contribution < 1.29 is 4.79 Å². The highest BCUT2D eigenvalue weighted by molar-refractivity contribution is 7.12. The molecule has 0 radical (unpaired) electrons. The van der Waals surface area contributed by atoms with Crippen molar-refractivity contribution in [3.05, 3.63) is 44.4 Å². The van der Waals surface area contributed by atoms with E-state index in [9.17, 15) is 4.79 Å². The van der Waals surface area contributed by atoms with E-state index in [-0.39, 0.29) is 11.8 Å². The molecule has 0 bridgehead atoms. The van der Waals surface area contributed by atoms with Gasteiger partial charge in [-0.15, -0.1) is 22.9 Å². The molecular weight excluding hydrogens is 302 g/mol. The Kier molecular flexibility index (Phi) is 4.64. The molecule has 114 valence electrons. The highest BCUT2D eigenvalue weighted by atomic mass is 35.5. The van der Waals surface area contributed by atoms with Crippen LogP contribution in [0.5, 0.6) is 0 Å². The molecule has 21 heavy (non-hydrogen) atoms.